The highest BCUT2D eigenvalue weighted by Gasteiger charge is 2.32. The number of nitrogens with zero attached hydrogens (tertiary/aromatic N) is 1. The molecule has 0 aliphatic carbocycles. The second-order valence-corrected chi connectivity index (χ2v) is 6.97. The van der Waals surface area contributed by atoms with E-state index < -0.39 is 9.84 Å². The summed E-state index contributed by atoms with van der Waals surface area (Å²) in [6.45, 7) is 3.90. The average Bonchev–Trinajstić information content (AvgIpc) is 2.24. The second-order valence-electron chi connectivity index (χ2n) is 4.74. The average molecular weight is 264 g/mol. The van der Waals surface area contributed by atoms with Gasteiger partial charge in [0.05, 0.1) is 18.1 Å². The lowest BCUT2D eigenvalue weighted by atomic mass is 10.1. The monoisotopic (exact) mass is 264 g/mol. The lowest BCUT2D eigenvalue weighted by Gasteiger charge is -2.39. The van der Waals surface area contributed by atoms with E-state index in [-0.39, 0.29) is 23.6 Å². The van der Waals surface area contributed by atoms with Crippen LogP contribution in [0.15, 0.2) is 0 Å². The van der Waals surface area contributed by atoms with E-state index >= 15 is 0 Å². The van der Waals surface area contributed by atoms with Crippen molar-refractivity contribution >= 4 is 9.84 Å². The fourth-order valence-electron chi connectivity index (χ4n) is 2.44. The van der Waals surface area contributed by atoms with Crippen LogP contribution in [0.25, 0.3) is 0 Å². The van der Waals surface area contributed by atoms with Crippen LogP contribution >= 0.6 is 0 Å². The van der Waals surface area contributed by atoms with Crippen molar-refractivity contribution in [2.24, 2.45) is 5.73 Å². The molecule has 5 nitrogen and oxygen atoms in total. The minimum Gasteiger partial charge on any atom is -0.383 e. The number of rotatable bonds is 6. The fourth-order valence-corrected chi connectivity index (χ4v) is 4.03. The van der Waals surface area contributed by atoms with Crippen LogP contribution in [0.4, 0.5) is 0 Å². The summed E-state index contributed by atoms with van der Waals surface area (Å²) in [6.07, 6.45) is 1.92. The summed E-state index contributed by atoms with van der Waals surface area (Å²) >= 11 is 0. The number of sulfone groups is 1. The third kappa shape index (κ3) is 4.54. The highest BCUT2D eigenvalue weighted by Crippen LogP contribution is 2.17. The van der Waals surface area contributed by atoms with E-state index in [4.69, 9.17) is 10.5 Å². The van der Waals surface area contributed by atoms with Gasteiger partial charge in [-0.05, 0) is 26.3 Å². The summed E-state index contributed by atoms with van der Waals surface area (Å²) in [7, 11) is -1.16. The Hall–Kier alpha value is -0.170. The first-order valence-electron chi connectivity index (χ1n) is 6.15. The van der Waals surface area contributed by atoms with E-state index in [2.05, 4.69) is 4.90 Å². The van der Waals surface area contributed by atoms with Crippen molar-refractivity contribution in [2.45, 2.75) is 31.8 Å². The van der Waals surface area contributed by atoms with E-state index in [1.54, 1.807) is 7.11 Å². The Morgan fingerprint density at radius 3 is 2.76 bits per heavy atom. The first-order valence-corrected chi connectivity index (χ1v) is 7.97. The molecule has 1 aliphatic heterocycles. The molecule has 2 unspecified atom stereocenters. The van der Waals surface area contributed by atoms with Crippen molar-refractivity contribution in [3.05, 3.63) is 0 Å². The maximum atomic E-state index is 11.5. The number of hydrogen-bond donors (Lipinski definition) is 1. The standard InChI is InChI=1S/C11H24N2O3S/c1-10-9-17(14,15)7-6-13(10)11(8-16-2)4-3-5-12/h10-11H,3-9,12H2,1-2H3. The van der Waals surface area contributed by atoms with Gasteiger partial charge < -0.3 is 10.5 Å². The molecule has 1 heterocycles. The molecule has 1 fully saturated rings. The molecule has 0 aromatic carbocycles. The molecule has 0 amide bonds. The molecule has 1 aliphatic rings. The van der Waals surface area contributed by atoms with E-state index in [1.165, 1.54) is 0 Å². The summed E-state index contributed by atoms with van der Waals surface area (Å²) in [6, 6.07) is 0.362. The van der Waals surface area contributed by atoms with Crippen molar-refractivity contribution < 1.29 is 13.2 Å². The third-order valence-electron chi connectivity index (χ3n) is 3.29. The molecule has 1 saturated heterocycles. The second kappa shape index (κ2) is 6.68. The van der Waals surface area contributed by atoms with Crippen LogP contribution in [0.2, 0.25) is 0 Å². The van der Waals surface area contributed by atoms with E-state index in [9.17, 15) is 8.42 Å². The molecule has 2 atom stereocenters. The van der Waals surface area contributed by atoms with Gasteiger partial charge in [0.25, 0.3) is 0 Å². The summed E-state index contributed by atoms with van der Waals surface area (Å²) in [4.78, 5) is 2.25. The summed E-state index contributed by atoms with van der Waals surface area (Å²) in [5, 5.41) is 0. The van der Waals surface area contributed by atoms with Crippen LogP contribution in [-0.2, 0) is 14.6 Å². The van der Waals surface area contributed by atoms with Gasteiger partial charge in [-0.2, -0.15) is 0 Å². The predicted octanol–water partition coefficient (Wildman–Crippen LogP) is -0.141. The van der Waals surface area contributed by atoms with Gasteiger partial charge in [0.1, 0.15) is 0 Å². The Morgan fingerprint density at radius 1 is 1.53 bits per heavy atom. The van der Waals surface area contributed by atoms with Gasteiger partial charge in [-0.25, -0.2) is 8.42 Å². The summed E-state index contributed by atoms with van der Waals surface area (Å²) in [5.74, 6) is 0.524. The summed E-state index contributed by atoms with van der Waals surface area (Å²) in [5.41, 5.74) is 5.53. The molecular weight excluding hydrogens is 240 g/mol. The SMILES string of the molecule is COCC(CCCN)N1CCS(=O)(=O)CC1C. The Labute approximate surface area is 104 Å². The number of nitrogens with two attached hydrogens (primary N) is 1. The van der Waals surface area contributed by atoms with Gasteiger partial charge in [0.2, 0.25) is 0 Å². The first kappa shape index (κ1) is 14.9. The highest BCUT2D eigenvalue weighted by molar-refractivity contribution is 7.91. The Balaban J connectivity index is 2.61. The van der Waals surface area contributed by atoms with Crippen LogP contribution in [0, 0.1) is 0 Å². The molecule has 0 saturated carbocycles. The Kier molecular flexibility index (Phi) is 5.85. The van der Waals surface area contributed by atoms with E-state index in [1.807, 2.05) is 6.92 Å². The van der Waals surface area contributed by atoms with Gasteiger partial charge in [-0.3, -0.25) is 4.90 Å². The topological polar surface area (TPSA) is 72.6 Å². The lowest BCUT2D eigenvalue weighted by molar-refractivity contribution is 0.0665. The highest BCUT2D eigenvalue weighted by atomic mass is 32.2. The molecule has 0 aromatic rings. The maximum absolute atomic E-state index is 11.5. The molecule has 0 radical (unpaired) electrons. The van der Waals surface area contributed by atoms with Crippen LogP contribution in [0.5, 0.6) is 0 Å². The van der Waals surface area contributed by atoms with Crippen molar-refractivity contribution in [2.75, 3.05) is 38.3 Å². The molecule has 1 rings (SSSR count). The largest absolute Gasteiger partial charge is 0.383 e. The molecule has 0 bridgehead atoms. The van der Waals surface area contributed by atoms with Crippen molar-refractivity contribution in [3.8, 4) is 0 Å². The lowest BCUT2D eigenvalue weighted by Crippen LogP contribution is -2.53. The summed E-state index contributed by atoms with van der Waals surface area (Å²) < 4.78 is 28.3. The molecule has 17 heavy (non-hydrogen) atoms. The van der Waals surface area contributed by atoms with Gasteiger partial charge in [0.15, 0.2) is 9.84 Å². The quantitative estimate of drug-likeness (QED) is 0.723. The zero-order chi connectivity index (χ0) is 12.9. The Bertz CT molecular complexity index is 319. The van der Waals surface area contributed by atoms with Crippen LogP contribution in [0.3, 0.4) is 0 Å². The van der Waals surface area contributed by atoms with Gasteiger partial charge in [-0.1, -0.05) is 0 Å². The van der Waals surface area contributed by atoms with Crippen LogP contribution in [0.1, 0.15) is 19.8 Å². The Morgan fingerprint density at radius 2 is 2.24 bits per heavy atom. The van der Waals surface area contributed by atoms with E-state index in [0.29, 0.717) is 19.7 Å². The smallest absolute Gasteiger partial charge is 0.153 e. The third-order valence-corrected chi connectivity index (χ3v) is 5.09. The van der Waals surface area contributed by atoms with Gasteiger partial charge in [-0.15, -0.1) is 0 Å². The minimum atomic E-state index is -2.84. The molecule has 2 N–H and O–H groups in total. The van der Waals surface area contributed by atoms with Crippen molar-refractivity contribution in [3.63, 3.8) is 0 Å². The normalized spacial score (nSPS) is 26.9. The van der Waals surface area contributed by atoms with Crippen molar-refractivity contribution in [1.82, 2.24) is 4.90 Å². The number of hydrogen-bond acceptors (Lipinski definition) is 5. The zero-order valence-electron chi connectivity index (χ0n) is 10.8. The van der Waals surface area contributed by atoms with Gasteiger partial charge >= 0.3 is 0 Å². The van der Waals surface area contributed by atoms with Crippen molar-refractivity contribution in [1.29, 1.82) is 0 Å². The minimum absolute atomic E-state index is 0.0756. The number of methoxy groups -OCH3 is 1. The van der Waals surface area contributed by atoms with Crippen LogP contribution in [-0.4, -0.2) is 63.7 Å². The van der Waals surface area contributed by atoms with Crippen LogP contribution < -0.4 is 5.73 Å². The predicted molar refractivity (Wildman–Crippen MR) is 68.8 cm³/mol. The van der Waals surface area contributed by atoms with E-state index in [0.717, 1.165) is 12.8 Å². The molecule has 0 spiro atoms. The molecule has 102 valence electrons. The van der Waals surface area contributed by atoms with Gasteiger partial charge in [0, 0.05) is 25.7 Å². The molecular formula is C11H24N2O3S. The first-order chi connectivity index (χ1) is 8.00. The maximum Gasteiger partial charge on any atom is 0.153 e. The number of ether oxygens (including phenoxy) is 1. The fraction of sp³-hybridized carbons (Fsp3) is 1.00. The molecule has 0 aromatic heterocycles. The zero-order valence-corrected chi connectivity index (χ0v) is 11.6. The molecule has 6 heteroatoms.